The predicted molar refractivity (Wildman–Crippen MR) is 87.9 cm³/mol. The number of nitro benzene ring substituents is 1. The third kappa shape index (κ3) is 5.20. The van der Waals surface area contributed by atoms with Crippen LogP contribution in [0.15, 0.2) is 18.2 Å². The monoisotopic (exact) mass is 343 g/mol. The van der Waals surface area contributed by atoms with Crippen LogP contribution >= 0.6 is 0 Å². The molecule has 23 heavy (non-hydrogen) atoms. The highest BCUT2D eigenvalue weighted by atomic mass is 32.2. The maximum absolute atomic E-state index is 12.0. The number of aryl methyl sites for hydroxylation is 1. The van der Waals surface area contributed by atoms with Crippen molar-refractivity contribution in [2.24, 2.45) is 0 Å². The van der Waals surface area contributed by atoms with Crippen LogP contribution in [0.2, 0.25) is 0 Å². The van der Waals surface area contributed by atoms with Gasteiger partial charge in [-0.1, -0.05) is 13.0 Å². The van der Waals surface area contributed by atoms with E-state index in [1.807, 2.05) is 6.92 Å². The van der Waals surface area contributed by atoms with Crippen LogP contribution in [0.1, 0.15) is 25.8 Å². The fourth-order valence-electron chi connectivity index (χ4n) is 1.91. The fourth-order valence-corrected chi connectivity index (χ4v) is 2.82. The largest absolute Gasteiger partial charge is 0.352 e. The molecule has 0 fully saturated rings. The van der Waals surface area contributed by atoms with E-state index in [0.29, 0.717) is 12.0 Å². The third-order valence-electron chi connectivity index (χ3n) is 3.38. The predicted octanol–water partition coefficient (Wildman–Crippen LogP) is 1.58. The Morgan fingerprint density at radius 2 is 2.04 bits per heavy atom. The standard InChI is InChI=1S/C14H21N3O5S/c1-5-11(3)15-14(18)9-16(23(4,21)22)13-8-12(17(19)20)7-6-10(13)2/h6-8,11H,5,9H2,1-4H3,(H,15,18)/t11-/m0/s1. The van der Waals surface area contributed by atoms with Gasteiger partial charge in [-0.15, -0.1) is 0 Å². The first-order chi connectivity index (χ1) is 10.6. The molecule has 0 aliphatic rings. The molecule has 1 N–H and O–H groups in total. The van der Waals surface area contributed by atoms with Gasteiger partial charge in [0, 0.05) is 18.2 Å². The van der Waals surface area contributed by atoms with Crippen LogP contribution < -0.4 is 9.62 Å². The molecule has 0 spiro atoms. The van der Waals surface area contributed by atoms with Crippen LogP contribution in [-0.4, -0.2) is 38.1 Å². The average Bonchev–Trinajstić information content (AvgIpc) is 2.44. The third-order valence-corrected chi connectivity index (χ3v) is 4.51. The minimum Gasteiger partial charge on any atom is -0.352 e. The molecule has 0 saturated carbocycles. The molecule has 1 aromatic carbocycles. The Balaban J connectivity index is 3.21. The van der Waals surface area contributed by atoms with Gasteiger partial charge in [0.2, 0.25) is 15.9 Å². The Bertz CT molecular complexity index is 702. The molecular weight excluding hydrogens is 322 g/mol. The van der Waals surface area contributed by atoms with Crippen molar-refractivity contribution in [3.05, 3.63) is 33.9 Å². The molecule has 0 aromatic heterocycles. The Morgan fingerprint density at radius 1 is 1.43 bits per heavy atom. The Labute approximate surface area is 135 Å². The zero-order valence-electron chi connectivity index (χ0n) is 13.6. The van der Waals surface area contributed by atoms with Crippen LogP contribution in [0.5, 0.6) is 0 Å². The first kappa shape index (κ1) is 18.9. The number of hydrogen-bond acceptors (Lipinski definition) is 5. The minimum atomic E-state index is -3.77. The highest BCUT2D eigenvalue weighted by molar-refractivity contribution is 7.92. The summed E-state index contributed by atoms with van der Waals surface area (Å²) in [4.78, 5) is 22.3. The van der Waals surface area contributed by atoms with Gasteiger partial charge in [-0.25, -0.2) is 8.42 Å². The first-order valence-corrected chi connectivity index (χ1v) is 8.93. The van der Waals surface area contributed by atoms with E-state index < -0.39 is 27.4 Å². The van der Waals surface area contributed by atoms with Crippen LogP contribution in [0.3, 0.4) is 0 Å². The number of nitro groups is 1. The SMILES string of the molecule is CC[C@H](C)NC(=O)CN(c1cc([N+](=O)[O-])ccc1C)S(C)(=O)=O. The van der Waals surface area contributed by atoms with Gasteiger partial charge in [0.25, 0.3) is 5.69 Å². The summed E-state index contributed by atoms with van der Waals surface area (Å²) >= 11 is 0. The lowest BCUT2D eigenvalue weighted by Gasteiger charge is -2.24. The van der Waals surface area contributed by atoms with Gasteiger partial charge < -0.3 is 5.32 Å². The van der Waals surface area contributed by atoms with E-state index in [0.717, 1.165) is 16.6 Å². The Hall–Kier alpha value is -2.16. The number of amides is 1. The fraction of sp³-hybridized carbons (Fsp3) is 0.500. The van der Waals surface area contributed by atoms with Crippen LogP contribution in [0.4, 0.5) is 11.4 Å². The van der Waals surface area contributed by atoms with E-state index in [1.165, 1.54) is 12.1 Å². The number of hydrogen-bond donors (Lipinski definition) is 1. The van der Waals surface area contributed by atoms with Crippen molar-refractivity contribution in [3.63, 3.8) is 0 Å². The van der Waals surface area contributed by atoms with E-state index in [2.05, 4.69) is 5.32 Å². The van der Waals surface area contributed by atoms with Gasteiger partial charge in [0.05, 0.1) is 16.9 Å². The molecule has 128 valence electrons. The zero-order valence-corrected chi connectivity index (χ0v) is 14.4. The molecule has 0 saturated heterocycles. The molecule has 0 bridgehead atoms. The molecule has 0 aliphatic carbocycles. The molecule has 0 radical (unpaired) electrons. The van der Waals surface area contributed by atoms with Crippen molar-refractivity contribution in [3.8, 4) is 0 Å². The number of carbonyl (C=O) groups is 1. The molecule has 0 aliphatic heterocycles. The van der Waals surface area contributed by atoms with Crippen molar-refractivity contribution in [1.82, 2.24) is 5.32 Å². The van der Waals surface area contributed by atoms with Crippen LogP contribution in [0.25, 0.3) is 0 Å². The van der Waals surface area contributed by atoms with Crippen molar-refractivity contribution in [2.75, 3.05) is 17.1 Å². The normalized spacial score (nSPS) is 12.5. The summed E-state index contributed by atoms with van der Waals surface area (Å²) in [6, 6.07) is 3.82. The van der Waals surface area contributed by atoms with E-state index in [9.17, 15) is 23.3 Å². The zero-order chi connectivity index (χ0) is 17.8. The number of carbonyl (C=O) groups excluding carboxylic acids is 1. The molecule has 1 atom stereocenters. The summed E-state index contributed by atoms with van der Waals surface area (Å²) in [7, 11) is -3.77. The van der Waals surface area contributed by atoms with E-state index in [1.54, 1.807) is 13.8 Å². The highest BCUT2D eigenvalue weighted by Gasteiger charge is 2.24. The van der Waals surface area contributed by atoms with Crippen LogP contribution in [-0.2, 0) is 14.8 Å². The summed E-state index contributed by atoms with van der Waals surface area (Å²) in [5.41, 5.74) is 0.417. The molecule has 8 nitrogen and oxygen atoms in total. The summed E-state index contributed by atoms with van der Waals surface area (Å²) in [6.45, 7) is 4.90. The summed E-state index contributed by atoms with van der Waals surface area (Å²) in [5.74, 6) is -0.462. The van der Waals surface area contributed by atoms with Gasteiger partial charge in [0.1, 0.15) is 6.54 Å². The summed E-state index contributed by atoms with van der Waals surface area (Å²) in [6.07, 6.45) is 1.67. The molecular formula is C14H21N3O5S. The second-order valence-electron chi connectivity index (χ2n) is 5.37. The molecule has 0 heterocycles. The van der Waals surface area contributed by atoms with Crippen molar-refractivity contribution >= 4 is 27.3 Å². The van der Waals surface area contributed by atoms with Crippen molar-refractivity contribution in [2.45, 2.75) is 33.2 Å². The summed E-state index contributed by atoms with van der Waals surface area (Å²) < 4.78 is 24.9. The van der Waals surface area contributed by atoms with E-state index >= 15 is 0 Å². The maximum atomic E-state index is 12.0. The summed E-state index contributed by atoms with van der Waals surface area (Å²) in [5, 5.41) is 13.6. The molecule has 0 unspecified atom stereocenters. The van der Waals surface area contributed by atoms with Gasteiger partial charge in [0.15, 0.2) is 0 Å². The van der Waals surface area contributed by atoms with E-state index in [-0.39, 0.29) is 17.4 Å². The Morgan fingerprint density at radius 3 is 2.52 bits per heavy atom. The van der Waals surface area contributed by atoms with Crippen LogP contribution in [0, 0.1) is 17.0 Å². The van der Waals surface area contributed by atoms with Crippen molar-refractivity contribution in [1.29, 1.82) is 0 Å². The number of nitrogens with one attached hydrogen (secondary N) is 1. The number of rotatable bonds is 7. The smallest absolute Gasteiger partial charge is 0.271 e. The minimum absolute atomic E-state index is 0.0879. The molecule has 1 rings (SSSR count). The lowest BCUT2D eigenvalue weighted by atomic mass is 10.2. The van der Waals surface area contributed by atoms with Gasteiger partial charge >= 0.3 is 0 Å². The second-order valence-corrected chi connectivity index (χ2v) is 7.28. The van der Waals surface area contributed by atoms with E-state index in [4.69, 9.17) is 0 Å². The topological polar surface area (TPSA) is 110 Å². The first-order valence-electron chi connectivity index (χ1n) is 7.08. The number of nitrogens with zero attached hydrogens (tertiary/aromatic N) is 2. The lowest BCUT2D eigenvalue weighted by molar-refractivity contribution is -0.384. The van der Waals surface area contributed by atoms with Gasteiger partial charge in [-0.3, -0.25) is 19.2 Å². The van der Waals surface area contributed by atoms with Crippen molar-refractivity contribution < 1.29 is 18.1 Å². The maximum Gasteiger partial charge on any atom is 0.271 e. The quantitative estimate of drug-likeness (QED) is 0.597. The molecule has 9 heteroatoms. The Kier molecular flexibility index (Phi) is 6.08. The molecule has 1 aromatic rings. The number of sulfonamides is 1. The lowest BCUT2D eigenvalue weighted by Crippen LogP contribution is -2.43. The highest BCUT2D eigenvalue weighted by Crippen LogP contribution is 2.27. The second kappa shape index (κ2) is 7.40. The molecule has 1 amide bonds. The number of anilines is 1. The number of benzene rings is 1. The van der Waals surface area contributed by atoms with Gasteiger partial charge in [-0.2, -0.15) is 0 Å². The average molecular weight is 343 g/mol. The van der Waals surface area contributed by atoms with Gasteiger partial charge in [-0.05, 0) is 25.8 Å². The number of non-ortho nitro benzene ring substituents is 1.